The number of carbonyl (C=O) groups is 1. The standard InChI is InChI=1S/C23H20ClN5OS/c24-19-14-17(6-7-21(19)28-10-12-31-13-11-28)27-23(30)18-15-26-29-20(8-9-25-22(18)29)16-4-2-1-3-5-16/h1-9,14-15H,10-13H2,(H,27,30). The molecule has 5 rings (SSSR count). The van der Waals surface area contributed by atoms with Crippen molar-refractivity contribution in [2.75, 3.05) is 34.8 Å². The third-order valence-electron chi connectivity index (χ3n) is 5.27. The second-order valence-electron chi connectivity index (χ2n) is 7.21. The van der Waals surface area contributed by atoms with Gasteiger partial charge in [0.2, 0.25) is 0 Å². The van der Waals surface area contributed by atoms with Gasteiger partial charge in [-0.25, -0.2) is 9.50 Å². The number of fused-ring (bicyclic) bond motifs is 1. The third kappa shape index (κ3) is 3.98. The van der Waals surface area contributed by atoms with Gasteiger partial charge < -0.3 is 10.2 Å². The molecule has 2 aromatic carbocycles. The molecule has 0 unspecified atom stereocenters. The van der Waals surface area contributed by atoms with Gasteiger partial charge in [0.15, 0.2) is 5.65 Å². The summed E-state index contributed by atoms with van der Waals surface area (Å²) in [4.78, 5) is 19.6. The number of nitrogens with one attached hydrogen (secondary N) is 1. The van der Waals surface area contributed by atoms with Crippen LogP contribution in [0.3, 0.4) is 0 Å². The number of nitrogens with zero attached hydrogens (tertiary/aromatic N) is 4. The largest absolute Gasteiger partial charge is 0.369 e. The Hall–Kier alpha value is -3.03. The van der Waals surface area contributed by atoms with Crippen LogP contribution in [0.5, 0.6) is 0 Å². The summed E-state index contributed by atoms with van der Waals surface area (Å²) < 4.78 is 1.69. The highest BCUT2D eigenvalue weighted by molar-refractivity contribution is 7.99. The fraction of sp³-hybridized carbons (Fsp3) is 0.174. The number of aromatic nitrogens is 3. The van der Waals surface area contributed by atoms with E-state index in [1.807, 2.05) is 60.3 Å². The van der Waals surface area contributed by atoms with Crippen molar-refractivity contribution in [3.8, 4) is 11.3 Å². The maximum Gasteiger partial charge on any atom is 0.261 e. The number of hydrogen-bond donors (Lipinski definition) is 1. The highest BCUT2D eigenvalue weighted by Gasteiger charge is 2.18. The molecule has 1 N–H and O–H groups in total. The average Bonchev–Trinajstić information content (AvgIpc) is 3.25. The smallest absolute Gasteiger partial charge is 0.261 e. The lowest BCUT2D eigenvalue weighted by molar-refractivity contribution is 0.102. The highest BCUT2D eigenvalue weighted by atomic mass is 35.5. The monoisotopic (exact) mass is 449 g/mol. The van der Waals surface area contributed by atoms with Crippen LogP contribution in [-0.2, 0) is 0 Å². The van der Waals surface area contributed by atoms with Gasteiger partial charge in [0.1, 0.15) is 5.56 Å². The molecule has 6 nitrogen and oxygen atoms in total. The van der Waals surface area contributed by atoms with Crippen molar-refractivity contribution in [2.45, 2.75) is 0 Å². The Bertz CT molecular complexity index is 1240. The molecule has 0 atom stereocenters. The molecular formula is C23H20ClN5OS. The molecule has 0 aliphatic carbocycles. The molecule has 1 aliphatic rings. The van der Waals surface area contributed by atoms with Crippen molar-refractivity contribution in [1.29, 1.82) is 0 Å². The van der Waals surface area contributed by atoms with Crippen LogP contribution in [0.1, 0.15) is 10.4 Å². The molecule has 0 saturated carbocycles. The third-order valence-corrected chi connectivity index (χ3v) is 6.52. The van der Waals surface area contributed by atoms with Crippen LogP contribution in [0.2, 0.25) is 5.02 Å². The summed E-state index contributed by atoms with van der Waals surface area (Å²) in [6, 6.07) is 17.4. The first kappa shape index (κ1) is 19.9. The number of rotatable bonds is 4. The molecule has 1 saturated heterocycles. The van der Waals surface area contributed by atoms with Crippen molar-refractivity contribution >= 4 is 46.3 Å². The summed E-state index contributed by atoms with van der Waals surface area (Å²) in [7, 11) is 0. The van der Waals surface area contributed by atoms with Crippen LogP contribution in [-0.4, -0.2) is 45.1 Å². The number of halogens is 1. The SMILES string of the molecule is O=C(Nc1ccc(N2CCSCC2)c(Cl)c1)c1cnn2c(-c3ccccc3)ccnc12. The summed E-state index contributed by atoms with van der Waals surface area (Å²) in [5.41, 5.74) is 4.44. The zero-order valence-corrected chi connectivity index (χ0v) is 18.2. The van der Waals surface area contributed by atoms with Crippen molar-refractivity contribution in [2.24, 2.45) is 0 Å². The topological polar surface area (TPSA) is 62.5 Å². The predicted octanol–water partition coefficient (Wildman–Crippen LogP) is 4.86. The summed E-state index contributed by atoms with van der Waals surface area (Å²) in [5.74, 6) is 1.93. The van der Waals surface area contributed by atoms with E-state index in [4.69, 9.17) is 11.6 Å². The van der Waals surface area contributed by atoms with Gasteiger partial charge >= 0.3 is 0 Å². The van der Waals surface area contributed by atoms with Gasteiger partial charge in [0, 0.05) is 42.0 Å². The first-order valence-corrected chi connectivity index (χ1v) is 11.6. The number of amides is 1. The lowest BCUT2D eigenvalue weighted by atomic mass is 10.1. The molecule has 2 aromatic heterocycles. The van der Waals surface area contributed by atoms with E-state index in [0.717, 1.165) is 41.5 Å². The Morgan fingerprint density at radius 3 is 2.65 bits per heavy atom. The first-order chi connectivity index (χ1) is 15.2. The predicted molar refractivity (Wildman–Crippen MR) is 127 cm³/mol. The molecule has 156 valence electrons. The normalized spacial score (nSPS) is 14.0. The summed E-state index contributed by atoms with van der Waals surface area (Å²) in [5, 5.41) is 7.97. The van der Waals surface area contributed by atoms with Gasteiger partial charge in [-0.2, -0.15) is 16.9 Å². The van der Waals surface area contributed by atoms with E-state index in [1.54, 1.807) is 23.0 Å². The molecule has 0 spiro atoms. The van der Waals surface area contributed by atoms with Crippen molar-refractivity contribution in [3.05, 3.63) is 77.6 Å². The fourth-order valence-corrected chi connectivity index (χ4v) is 4.93. The molecule has 0 bridgehead atoms. The molecule has 1 aliphatic heterocycles. The summed E-state index contributed by atoms with van der Waals surface area (Å²) in [6.07, 6.45) is 3.24. The van der Waals surface area contributed by atoms with Crippen molar-refractivity contribution < 1.29 is 4.79 Å². The van der Waals surface area contributed by atoms with E-state index in [0.29, 0.717) is 21.9 Å². The van der Waals surface area contributed by atoms with E-state index in [9.17, 15) is 4.79 Å². The lowest BCUT2D eigenvalue weighted by Gasteiger charge is -2.29. The van der Waals surface area contributed by atoms with Crippen LogP contribution in [0.25, 0.3) is 16.9 Å². The van der Waals surface area contributed by atoms with Gasteiger partial charge in [-0.1, -0.05) is 41.9 Å². The zero-order chi connectivity index (χ0) is 21.2. The number of carbonyl (C=O) groups excluding carboxylic acids is 1. The number of benzene rings is 2. The van der Waals surface area contributed by atoms with Gasteiger partial charge in [0.25, 0.3) is 5.91 Å². The van der Waals surface area contributed by atoms with Crippen LogP contribution in [0.4, 0.5) is 11.4 Å². The Kier molecular flexibility index (Phi) is 5.53. The second kappa shape index (κ2) is 8.61. The lowest BCUT2D eigenvalue weighted by Crippen LogP contribution is -2.32. The second-order valence-corrected chi connectivity index (χ2v) is 8.84. The molecule has 4 aromatic rings. The van der Waals surface area contributed by atoms with Gasteiger partial charge in [-0.05, 0) is 24.3 Å². The van der Waals surface area contributed by atoms with E-state index in [-0.39, 0.29) is 5.91 Å². The van der Waals surface area contributed by atoms with Crippen LogP contribution < -0.4 is 10.2 Å². The summed E-state index contributed by atoms with van der Waals surface area (Å²) >= 11 is 8.48. The van der Waals surface area contributed by atoms with E-state index in [1.165, 1.54) is 0 Å². The number of hydrogen-bond acceptors (Lipinski definition) is 5. The minimum Gasteiger partial charge on any atom is -0.369 e. The zero-order valence-electron chi connectivity index (χ0n) is 16.7. The van der Waals surface area contributed by atoms with Crippen LogP contribution in [0.15, 0.2) is 67.0 Å². The molecule has 0 radical (unpaired) electrons. The fourth-order valence-electron chi connectivity index (χ4n) is 3.72. The Balaban J connectivity index is 1.40. The van der Waals surface area contributed by atoms with Gasteiger partial charge in [-0.15, -0.1) is 0 Å². The Morgan fingerprint density at radius 2 is 1.87 bits per heavy atom. The Morgan fingerprint density at radius 1 is 1.06 bits per heavy atom. The molecule has 1 fully saturated rings. The quantitative estimate of drug-likeness (QED) is 0.482. The van der Waals surface area contributed by atoms with Gasteiger partial charge in [-0.3, -0.25) is 4.79 Å². The summed E-state index contributed by atoms with van der Waals surface area (Å²) in [6.45, 7) is 1.96. The van der Waals surface area contributed by atoms with Gasteiger partial charge in [0.05, 0.1) is 22.6 Å². The minimum atomic E-state index is -0.272. The molecule has 31 heavy (non-hydrogen) atoms. The molecular weight excluding hydrogens is 430 g/mol. The van der Waals surface area contributed by atoms with Crippen LogP contribution >= 0.6 is 23.4 Å². The van der Waals surface area contributed by atoms with Crippen molar-refractivity contribution in [1.82, 2.24) is 14.6 Å². The minimum absolute atomic E-state index is 0.272. The molecule has 3 heterocycles. The van der Waals surface area contributed by atoms with E-state index >= 15 is 0 Å². The molecule has 8 heteroatoms. The first-order valence-electron chi connectivity index (χ1n) is 10.0. The highest BCUT2D eigenvalue weighted by Crippen LogP contribution is 2.31. The van der Waals surface area contributed by atoms with Crippen molar-refractivity contribution in [3.63, 3.8) is 0 Å². The number of thioether (sulfide) groups is 1. The number of anilines is 2. The average molecular weight is 450 g/mol. The molecule has 1 amide bonds. The van der Waals surface area contributed by atoms with E-state index < -0.39 is 0 Å². The maximum atomic E-state index is 13.0. The van der Waals surface area contributed by atoms with Crippen LogP contribution in [0, 0.1) is 0 Å². The Labute approximate surface area is 189 Å². The maximum absolute atomic E-state index is 13.0. The van der Waals surface area contributed by atoms with E-state index in [2.05, 4.69) is 20.3 Å².